The summed E-state index contributed by atoms with van der Waals surface area (Å²) in [5.74, 6) is -1.98. The molecule has 3 N–H and O–H groups in total. The van der Waals surface area contributed by atoms with Crippen LogP contribution in [0.5, 0.6) is 0 Å². The Morgan fingerprint density at radius 3 is 2.19 bits per heavy atom. The maximum atomic E-state index is 14.1. The third-order valence-electron chi connectivity index (χ3n) is 5.80. The van der Waals surface area contributed by atoms with Gasteiger partial charge in [0.2, 0.25) is 5.91 Å². The molecule has 1 atom stereocenters. The van der Waals surface area contributed by atoms with Crippen molar-refractivity contribution in [3.63, 3.8) is 0 Å². The van der Waals surface area contributed by atoms with Crippen molar-refractivity contribution in [1.29, 1.82) is 0 Å². The van der Waals surface area contributed by atoms with Crippen molar-refractivity contribution in [3.05, 3.63) is 128 Å². The lowest BCUT2D eigenvalue weighted by Crippen LogP contribution is -2.30. The van der Waals surface area contributed by atoms with Crippen LogP contribution in [0.3, 0.4) is 0 Å². The van der Waals surface area contributed by atoms with Gasteiger partial charge in [0.1, 0.15) is 11.5 Å². The molecule has 0 aliphatic rings. The fraction of sp³-hybridized carbons (Fsp3) is 0.0645. The van der Waals surface area contributed by atoms with E-state index in [-0.39, 0.29) is 17.3 Å². The lowest BCUT2D eigenvalue weighted by atomic mass is 10.1. The molecule has 0 saturated heterocycles. The molecule has 0 radical (unpaired) electrons. The van der Waals surface area contributed by atoms with E-state index in [9.17, 15) is 18.8 Å². The van der Waals surface area contributed by atoms with E-state index in [1.165, 1.54) is 30.0 Å². The van der Waals surface area contributed by atoms with Crippen LogP contribution in [0.1, 0.15) is 22.8 Å². The zero-order valence-electron chi connectivity index (χ0n) is 22.0. The predicted octanol–water partition coefficient (Wildman–Crippen LogP) is 8.42. The topological polar surface area (TPSA) is 87.3 Å². The first-order valence-electron chi connectivity index (χ1n) is 12.5. The average molecular weight is 687 g/mol. The number of carbonyl (C=O) groups is 3. The highest BCUT2D eigenvalue weighted by Gasteiger charge is 2.18. The van der Waals surface area contributed by atoms with Gasteiger partial charge in [-0.1, -0.05) is 63.4 Å². The first-order valence-corrected chi connectivity index (χ1v) is 14.9. The Hall–Kier alpha value is -3.63. The summed E-state index contributed by atoms with van der Waals surface area (Å²) in [6.07, 6.45) is 1.42. The van der Waals surface area contributed by atoms with Crippen LogP contribution in [0, 0.1) is 5.82 Å². The molecule has 3 amide bonds. The van der Waals surface area contributed by atoms with Crippen LogP contribution < -0.4 is 16.0 Å². The number of rotatable bonds is 9. The molecule has 4 rings (SSSR count). The van der Waals surface area contributed by atoms with Crippen molar-refractivity contribution >= 4 is 86.1 Å². The van der Waals surface area contributed by atoms with Gasteiger partial charge in [0, 0.05) is 36.2 Å². The quantitative estimate of drug-likeness (QED) is 0.122. The van der Waals surface area contributed by atoms with Crippen molar-refractivity contribution in [3.8, 4) is 0 Å². The molecule has 4 aromatic rings. The zero-order valence-corrected chi connectivity index (χ0v) is 25.9. The number of anilines is 2. The van der Waals surface area contributed by atoms with Gasteiger partial charge in [-0.3, -0.25) is 14.4 Å². The molecule has 214 valence electrons. The van der Waals surface area contributed by atoms with Crippen LogP contribution in [0.15, 0.2) is 106 Å². The van der Waals surface area contributed by atoms with Gasteiger partial charge in [0.05, 0.1) is 10.9 Å². The number of hydrogen-bond donors (Lipinski definition) is 3. The summed E-state index contributed by atoms with van der Waals surface area (Å²) < 4.78 is 14.7. The van der Waals surface area contributed by atoms with E-state index in [2.05, 4.69) is 31.9 Å². The third-order valence-corrected chi connectivity index (χ3v) is 8.06. The van der Waals surface area contributed by atoms with Crippen LogP contribution >= 0.6 is 50.9 Å². The number of amides is 3. The van der Waals surface area contributed by atoms with E-state index in [1.807, 2.05) is 0 Å². The van der Waals surface area contributed by atoms with Gasteiger partial charge in [-0.15, -0.1) is 11.8 Å². The number of hydrogen-bond acceptors (Lipinski definition) is 4. The Morgan fingerprint density at radius 2 is 1.55 bits per heavy atom. The first-order chi connectivity index (χ1) is 20.1. The monoisotopic (exact) mass is 685 g/mol. The van der Waals surface area contributed by atoms with Crippen LogP contribution in [-0.4, -0.2) is 23.0 Å². The summed E-state index contributed by atoms with van der Waals surface area (Å²) in [6, 6.07) is 24.6. The summed E-state index contributed by atoms with van der Waals surface area (Å²) >= 11 is 17.1. The van der Waals surface area contributed by atoms with Crippen molar-refractivity contribution < 1.29 is 18.8 Å². The fourth-order valence-corrected chi connectivity index (χ4v) is 5.34. The first kappa shape index (κ1) is 31.3. The summed E-state index contributed by atoms with van der Waals surface area (Å²) in [5, 5.41) is 8.09. The molecule has 4 aromatic carbocycles. The van der Waals surface area contributed by atoms with Crippen molar-refractivity contribution in [2.24, 2.45) is 0 Å². The van der Waals surface area contributed by atoms with Gasteiger partial charge in [-0.05, 0) is 79.7 Å². The molecule has 0 aliphatic heterocycles. The van der Waals surface area contributed by atoms with E-state index >= 15 is 0 Å². The average Bonchev–Trinajstić information content (AvgIpc) is 2.97. The Kier molecular flexibility index (Phi) is 10.8. The molecule has 6 nitrogen and oxygen atoms in total. The van der Waals surface area contributed by atoms with Crippen molar-refractivity contribution in [2.75, 3.05) is 10.6 Å². The number of carbonyl (C=O) groups excluding carboxylic acids is 3. The Bertz CT molecular complexity index is 1630. The van der Waals surface area contributed by atoms with Crippen LogP contribution in [0.2, 0.25) is 10.0 Å². The SMILES string of the molecule is CC(Sc1ccc(NC(=O)/C(=C/c2c(Cl)cccc2Cl)NC(=O)c2ccccc2)cc1)C(=O)Nc1ccc(Br)cc1F. The fourth-order valence-electron chi connectivity index (χ4n) is 3.63. The number of benzene rings is 4. The minimum absolute atomic E-state index is 0.0669. The summed E-state index contributed by atoms with van der Waals surface area (Å²) in [7, 11) is 0. The maximum Gasteiger partial charge on any atom is 0.272 e. The molecule has 42 heavy (non-hydrogen) atoms. The molecule has 0 spiro atoms. The van der Waals surface area contributed by atoms with Crippen LogP contribution in [0.25, 0.3) is 6.08 Å². The van der Waals surface area contributed by atoms with Gasteiger partial charge < -0.3 is 16.0 Å². The van der Waals surface area contributed by atoms with E-state index in [4.69, 9.17) is 23.2 Å². The smallest absolute Gasteiger partial charge is 0.272 e. The molecular formula is C31H23BrCl2FN3O3S. The molecule has 0 aliphatic carbocycles. The predicted molar refractivity (Wildman–Crippen MR) is 171 cm³/mol. The van der Waals surface area contributed by atoms with E-state index < -0.39 is 22.9 Å². The van der Waals surface area contributed by atoms with Crippen LogP contribution in [0.4, 0.5) is 15.8 Å². The lowest BCUT2D eigenvalue weighted by Gasteiger charge is -2.14. The van der Waals surface area contributed by atoms with Crippen molar-refractivity contribution in [2.45, 2.75) is 17.1 Å². The van der Waals surface area contributed by atoms with E-state index in [0.717, 1.165) is 4.90 Å². The Labute approximate surface area is 264 Å². The molecule has 0 heterocycles. The molecule has 0 bridgehead atoms. The standard InChI is InChI=1S/C31H23BrCl2FN3O3S/c1-18(29(39)37-27-15-10-20(32)16-26(27)35)42-22-13-11-21(12-14-22)36-31(41)28(17-23-24(33)8-5-9-25(23)34)38-30(40)19-6-3-2-4-7-19/h2-18H,1H3,(H,36,41)(H,37,39)(H,38,40)/b28-17-. The number of nitrogens with one attached hydrogen (secondary N) is 3. The second-order valence-corrected chi connectivity index (χ2v) is 12.0. The summed E-state index contributed by atoms with van der Waals surface area (Å²) in [5.41, 5.74) is 1.21. The highest BCUT2D eigenvalue weighted by Crippen LogP contribution is 2.28. The Balaban J connectivity index is 1.46. The minimum atomic E-state index is -0.597. The van der Waals surface area contributed by atoms with E-state index in [1.54, 1.807) is 85.8 Å². The van der Waals surface area contributed by atoms with Gasteiger partial charge >= 0.3 is 0 Å². The zero-order chi connectivity index (χ0) is 30.2. The largest absolute Gasteiger partial charge is 0.323 e. The van der Waals surface area contributed by atoms with E-state index in [0.29, 0.717) is 31.3 Å². The highest BCUT2D eigenvalue weighted by atomic mass is 79.9. The van der Waals surface area contributed by atoms with Gasteiger partial charge in [-0.2, -0.15) is 0 Å². The second-order valence-electron chi connectivity index (χ2n) is 8.87. The molecule has 0 saturated carbocycles. The highest BCUT2D eigenvalue weighted by molar-refractivity contribution is 9.10. The lowest BCUT2D eigenvalue weighted by molar-refractivity contribution is -0.115. The third kappa shape index (κ3) is 8.45. The Morgan fingerprint density at radius 1 is 0.881 bits per heavy atom. The number of halogens is 4. The van der Waals surface area contributed by atoms with Crippen molar-refractivity contribution in [1.82, 2.24) is 5.32 Å². The van der Waals surface area contributed by atoms with Gasteiger partial charge in [0.15, 0.2) is 0 Å². The normalized spacial score (nSPS) is 11.9. The molecule has 0 aromatic heterocycles. The summed E-state index contributed by atoms with van der Waals surface area (Å²) in [4.78, 5) is 39.5. The van der Waals surface area contributed by atoms with Gasteiger partial charge in [-0.25, -0.2) is 4.39 Å². The summed E-state index contributed by atoms with van der Waals surface area (Å²) in [6.45, 7) is 1.71. The molecule has 11 heteroatoms. The molecule has 1 unspecified atom stereocenters. The second kappa shape index (κ2) is 14.5. The van der Waals surface area contributed by atoms with Gasteiger partial charge in [0.25, 0.3) is 11.8 Å². The molecule has 0 fully saturated rings. The number of thioether (sulfide) groups is 1. The van der Waals surface area contributed by atoms with Crippen LogP contribution in [-0.2, 0) is 9.59 Å². The molecular weight excluding hydrogens is 664 g/mol. The maximum absolute atomic E-state index is 14.1. The minimum Gasteiger partial charge on any atom is -0.323 e.